The van der Waals surface area contributed by atoms with Gasteiger partial charge in [-0.3, -0.25) is 4.79 Å². The van der Waals surface area contributed by atoms with Gasteiger partial charge in [-0.2, -0.15) is 0 Å². The van der Waals surface area contributed by atoms with Gasteiger partial charge in [-0.25, -0.2) is 0 Å². The van der Waals surface area contributed by atoms with Crippen molar-refractivity contribution in [1.82, 2.24) is 4.98 Å². The number of rotatable bonds is 0. The Labute approximate surface area is 73.6 Å². The van der Waals surface area contributed by atoms with E-state index in [2.05, 4.69) is 4.98 Å². The predicted octanol–water partition coefficient (Wildman–Crippen LogP) is 0.816. The topological polar surface area (TPSA) is 79.1 Å². The molecule has 13 heavy (non-hydrogen) atoms. The summed E-state index contributed by atoms with van der Waals surface area (Å²) in [5.74, 6) is 0.102. The Morgan fingerprint density at radius 3 is 2.85 bits per heavy atom. The molecule has 0 saturated heterocycles. The molecule has 0 amide bonds. The fraction of sp³-hybridized carbons (Fsp3) is 0. The second-order valence-electron chi connectivity index (χ2n) is 2.80. The molecule has 1 aromatic carbocycles. The lowest BCUT2D eigenvalue weighted by Crippen LogP contribution is -2.06. The van der Waals surface area contributed by atoms with E-state index in [9.17, 15) is 9.90 Å². The van der Waals surface area contributed by atoms with Gasteiger partial charge in [0.1, 0.15) is 5.75 Å². The summed E-state index contributed by atoms with van der Waals surface area (Å²) in [4.78, 5) is 13.7. The van der Waals surface area contributed by atoms with Crippen molar-refractivity contribution < 1.29 is 5.11 Å². The zero-order valence-corrected chi connectivity index (χ0v) is 6.74. The van der Waals surface area contributed by atoms with E-state index in [1.54, 1.807) is 6.07 Å². The Kier molecular flexibility index (Phi) is 1.48. The number of aromatic hydroxyl groups is 1. The van der Waals surface area contributed by atoms with Gasteiger partial charge in [-0.1, -0.05) is 0 Å². The van der Waals surface area contributed by atoms with Crippen molar-refractivity contribution in [2.45, 2.75) is 0 Å². The van der Waals surface area contributed by atoms with Gasteiger partial charge >= 0.3 is 0 Å². The molecule has 0 aliphatic carbocycles. The van der Waals surface area contributed by atoms with E-state index in [1.165, 1.54) is 18.3 Å². The first kappa shape index (κ1) is 7.67. The van der Waals surface area contributed by atoms with Crippen LogP contribution in [-0.2, 0) is 0 Å². The summed E-state index contributed by atoms with van der Waals surface area (Å²) >= 11 is 0. The van der Waals surface area contributed by atoms with Gasteiger partial charge < -0.3 is 15.8 Å². The van der Waals surface area contributed by atoms with Crippen molar-refractivity contribution in [3.63, 3.8) is 0 Å². The van der Waals surface area contributed by atoms with Crippen LogP contribution < -0.4 is 11.3 Å². The maximum absolute atomic E-state index is 11.2. The fourth-order valence-electron chi connectivity index (χ4n) is 1.27. The summed E-state index contributed by atoms with van der Waals surface area (Å²) in [6.45, 7) is 0. The van der Waals surface area contributed by atoms with E-state index in [1.807, 2.05) is 0 Å². The van der Waals surface area contributed by atoms with Crippen molar-refractivity contribution in [2.24, 2.45) is 0 Å². The maximum atomic E-state index is 11.2. The van der Waals surface area contributed by atoms with Crippen LogP contribution in [0.25, 0.3) is 10.8 Å². The molecule has 0 aliphatic rings. The Hall–Kier alpha value is -1.97. The lowest BCUT2D eigenvalue weighted by Gasteiger charge is -2.00. The molecule has 0 aliphatic heterocycles. The van der Waals surface area contributed by atoms with Gasteiger partial charge in [-0.15, -0.1) is 0 Å². The zero-order valence-electron chi connectivity index (χ0n) is 6.74. The Balaban J connectivity index is 3.01. The van der Waals surface area contributed by atoms with Crippen LogP contribution >= 0.6 is 0 Å². The number of nitrogens with one attached hydrogen (secondary N) is 1. The summed E-state index contributed by atoms with van der Waals surface area (Å²) in [7, 11) is 0. The lowest BCUT2D eigenvalue weighted by molar-refractivity contribution is 0.476. The molecule has 0 atom stereocenters. The number of nitrogen functional groups attached to an aromatic ring is 1. The first-order valence-electron chi connectivity index (χ1n) is 3.78. The number of aromatic nitrogens is 1. The highest BCUT2D eigenvalue weighted by molar-refractivity contribution is 5.92. The average Bonchev–Trinajstić information content (AvgIpc) is 2.12. The van der Waals surface area contributed by atoms with Crippen LogP contribution in [0.5, 0.6) is 5.75 Å². The molecule has 0 spiro atoms. The molecule has 0 radical (unpaired) electrons. The Morgan fingerprint density at radius 2 is 2.08 bits per heavy atom. The number of H-pyrrole nitrogens is 1. The average molecular weight is 176 g/mol. The number of benzene rings is 1. The number of anilines is 1. The highest BCUT2D eigenvalue weighted by Gasteiger charge is 2.02. The van der Waals surface area contributed by atoms with E-state index in [0.717, 1.165) is 0 Å². The molecular formula is C9H8N2O2. The SMILES string of the molecule is Nc1c[nH]c(=O)c2ccc(O)cc12. The van der Waals surface area contributed by atoms with Gasteiger partial charge in [0.15, 0.2) is 0 Å². The van der Waals surface area contributed by atoms with Gasteiger partial charge in [0.25, 0.3) is 5.56 Å². The number of hydrogen-bond acceptors (Lipinski definition) is 3. The molecule has 0 saturated carbocycles. The van der Waals surface area contributed by atoms with Crippen LogP contribution in [0.2, 0.25) is 0 Å². The third-order valence-electron chi connectivity index (χ3n) is 1.92. The molecule has 4 N–H and O–H groups in total. The van der Waals surface area contributed by atoms with Crippen molar-refractivity contribution >= 4 is 16.5 Å². The van der Waals surface area contributed by atoms with Crippen molar-refractivity contribution in [3.8, 4) is 5.75 Å². The first-order chi connectivity index (χ1) is 6.18. The molecule has 0 bridgehead atoms. The number of fused-ring (bicyclic) bond motifs is 1. The monoisotopic (exact) mass is 176 g/mol. The minimum atomic E-state index is -0.204. The summed E-state index contributed by atoms with van der Waals surface area (Å²) in [5.41, 5.74) is 5.86. The minimum Gasteiger partial charge on any atom is -0.508 e. The van der Waals surface area contributed by atoms with Crippen molar-refractivity contribution in [1.29, 1.82) is 0 Å². The number of aromatic amines is 1. The van der Waals surface area contributed by atoms with E-state index >= 15 is 0 Å². The third kappa shape index (κ3) is 1.12. The van der Waals surface area contributed by atoms with Crippen LogP contribution in [-0.4, -0.2) is 10.1 Å². The molecule has 0 fully saturated rings. The van der Waals surface area contributed by atoms with Crippen molar-refractivity contribution in [2.75, 3.05) is 5.73 Å². The molecule has 4 nitrogen and oxygen atoms in total. The number of nitrogens with two attached hydrogens (primary N) is 1. The highest BCUT2D eigenvalue weighted by atomic mass is 16.3. The molecule has 2 aromatic rings. The molecule has 0 unspecified atom stereocenters. The van der Waals surface area contributed by atoms with Gasteiger partial charge in [0, 0.05) is 17.0 Å². The number of phenols is 1. The second kappa shape index (κ2) is 2.52. The molecule has 66 valence electrons. The Bertz CT molecular complexity index is 516. The van der Waals surface area contributed by atoms with E-state index < -0.39 is 0 Å². The van der Waals surface area contributed by atoms with Crippen LogP contribution in [0.4, 0.5) is 5.69 Å². The molecule has 4 heteroatoms. The molecule has 2 rings (SSSR count). The predicted molar refractivity (Wildman–Crippen MR) is 50.6 cm³/mol. The summed E-state index contributed by atoms with van der Waals surface area (Å²) < 4.78 is 0. The minimum absolute atomic E-state index is 0.102. The maximum Gasteiger partial charge on any atom is 0.255 e. The quantitative estimate of drug-likeness (QED) is 0.555. The van der Waals surface area contributed by atoms with E-state index in [0.29, 0.717) is 16.5 Å². The molecular weight excluding hydrogens is 168 g/mol. The largest absolute Gasteiger partial charge is 0.508 e. The lowest BCUT2D eigenvalue weighted by atomic mass is 10.1. The smallest absolute Gasteiger partial charge is 0.255 e. The van der Waals surface area contributed by atoms with Crippen LogP contribution in [0.3, 0.4) is 0 Å². The number of hydrogen-bond donors (Lipinski definition) is 3. The van der Waals surface area contributed by atoms with Crippen LogP contribution in [0.1, 0.15) is 0 Å². The third-order valence-corrected chi connectivity index (χ3v) is 1.92. The standard InChI is InChI=1S/C9H8N2O2/c10-8-4-11-9(13)6-2-1-5(12)3-7(6)8/h1-4,12H,10H2,(H,11,13). The Morgan fingerprint density at radius 1 is 1.31 bits per heavy atom. The number of pyridine rings is 1. The van der Waals surface area contributed by atoms with Gasteiger partial charge in [-0.05, 0) is 18.2 Å². The van der Waals surface area contributed by atoms with Crippen molar-refractivity contribution in [3.05, 3.63) is 34.7 Å². The zero-order chi connectivity index (χ0) is 9.42. The van der Waals surface area contributed by atoms with Crippen LogP contribution in [0, 0.1) is 0 Å². The van der Waals surface area contributed by atoms with E-state index in [-0.39, 0.29) is 11.3 Å². The van der Waals surface area contributed by atoms with E-state index in [4.69, 9.17) is 5.73 Å². The van der Waals surface area contributed by atoms with Crippen LogP contribution in [0.15, 0.2) is 29.2 Å². The number of phenolic OH excluding ortho intramolecular Hbond substituents is 1. The summed E-state index contributed by atoms with van der Waals surface area (Å²) in [5, 5.41) is 10.2. The van der Waals surface area contributed by atoms with Gasteiger partial charge in [0.05, 0.1) is 5.69 Å². The summed E-state index contributed by atoms with van der Waals surface area (Å²) in [6.07, 6.45) is 1.42. The fourth-order valence-corrected chi connectivity index (χ4v) is 1.27. The molecule has 1 heterocycles. The second-order valence-corrected chi connectivity index (χ2v) is 2.80. The first-order valence-corrected chi connectivity index (χ1v) is 3.78. The normalized spacial score (nSPS) is 10.5. The highest BCUT2D eigenvalue weighted by Crippen LogP contribution is 2.21. The molecule has 1 aromatic heterocycles. The van der Waals surface area contributed by atoms with Gasteiger partial charge in [0.2, 0.25) is 0 Å². The summed E-state index contributed by atoms with van der Waals surface area (Å²) in [6, 6.07) is 4.47.